The second-order valence-corrected chi connectivity index (χ2v) is 5.54. The number of amides is 1. The molecule has 1 aromatic heterocycles. The van der Waals surface area contributed by atoms with Crippen LogP contribution < -0.4 is 16.0 Å². The number of imidazole rings is 1. The third-order valence-corrected chi connectivity index (χ3v) is 3.93. The lowest BCUT2D eigenvalue weighted by atomic mass is 10.1. The number of hydrogen-bond acceptors (Lipinski definition) is 4. The lowest BCUT2D eigenvalue weighted by Crippen LogP contribution is -2.24. The van der Waals surface area contributed by atoms with Crippen molar-refractivity contribution in [3.63, 3.8) is 0 Å². The standard InChI is InChI=1S/C18H23N5O/c1-6-14-16(22(4)11-21-14)10-17(19)23(5)15-8-7-13(9-12(15)2)18(24)20-3/h6-11H,1,19H2,2-5H3,(H,20,24)/b17-10+. The molecular weight excluding hydrogens is 302 g/mol. The van der Waals surface area contributed by atoms with E-state index < -0.39 is 0 Å². The fourth-order valence-corrected chi connectivity index (χ4v) is 2.48. The lowest BCUT2D eigenvalue weighted by Gasteiger charge is -2.22. The highest BCUT2D eigenvalue weighted by molar-refractivity contribution is 5.94. The van der Waals surface area contributed by atoms with E-state index in [0.717, 1.165) is 22.6 Å². The number of aryl methyl sites for hydroxylation is 2. The monoisotopic (exact) mass is 325 g/mol. The topological polar surface area (TPSA) is 76.2 Å². The highest BCUT2D eigenvalue weighted by atomic mass is 16.1. The molecular formula is C18H23N5O. The van der Waals surface area contributed by atoms with E-state index in [1.165, 1.54) is 0 Å². The average molecular weight is 325 g/mol. The minimum absolute atomic E-state index is 0.110. The molecule has 0 aliphatic rings. The van der Waals surface area contributed by atoms with E-state index in [4.69, 9.17) is 5.73 Å². The molecule has 0 aliphatic heterocycles. The van der Waals surface area contributed by atoms with Gasteiger partial charge in [0.1, 0.15) is 5.82 Å². The minimum atomic E-state index is -0.110. The van der Waals surface area contributed by atoms with Crippen molar-refractivity contribution < 1.29 is 4.79 Å². The van der Waals surface area contributed by atoms with Crippen LogP contribution in [-0.2, 0) is 7.05 Å². The number of nitrogens with zero attached hydrogens (tertiary/aromatic N) is 3. The largest absolute Gasteiger partial charge is 0.385 e. The van der Waals surface area contributed by atoms with Gasteiger partial charge in [0.2, 0.25) is 0 Å². The number of aromatic nitrogens is 2. The Morgan fingerprint density at radius 2 is 2.17 bits per heavy atom. The summed E-state index contributed by atoms with van der Waals surface area (Å²) in [7, 11) is 5.41. The second-order valence-electron chi connectivity index (χ2n) is 5.54. The van der Waals surface area contributed by atoms with Crippen LogP contribution in [0.3, 0.4) is 0 Å². The third-order valence-electron chi connectivity index (χ3n) is 3.93. The summed E-state index contributed by atoms with van der Waals surface area (Å²) in [6.45, 7) is 5.72. The van der Waals surface area contributed by atoms with Gasteiger partial charge in [-0.05, 0) is 36.8 Å². The van der Waals surface area contributed by atoms with E-state index in [1.54, 1.807) is 25.5 Å². The van der Waals surface area contributed by atoms with Crippen LogP contribution in [0, 0.1) is 6.92 Å². The molecule has 0 spiro atoms. The Hall–Kier alpha value is -3.02. The first kappa shape index (κ1) is 17.3. The van der Waals surface area contributed by atoms with Crippen LogP contribution in [0.15, 0.2) is 36.9 Å². The fraction of sp³-hybridized carbons (Fsp3) is 0.222. The average Bonchev–Trinajstić information content (AvgIpc) is 2.93. The van der Waals surface area contributed by atoms with Gasteiger partial charge in [0.25, 0.3) is 5.91 Å². The molecule has 0 atom stereocenters. The van der Waals surface area contributed by atoms with Crippen LogP contribution in [0.4, 0.5) is 5.69 Å². The first-order valence-electron chi connectivity index (χ1n) is 7.56. The molecule has 0 unspecified atom stereocenters. The number of rotatable bonds is 5. The molecule has 0 radical (unpaired) electrons. The maximum Gasteiger partial charge on any atom is 0.251 e. The van der Waals surface area contributed by atoms with E-state index in [2.05, 4.69) is 16.9 Å². The molecule has 24 heavy (non-hydrogen) atoms. The zero-order valence-electron chi connectivity index (χ0n) is 14.5. The van der Waals surface area contributed by atoms with E-state index >= 15 is 0 Å². The fourth-order valence-electron chi connectivity index (χ4n) is 2.48. The number of carbonyl (C=O) groups excluding carboxylic acids is 1. The molecule has 2 rings (SSSR count). The summed E-state index contributed by atoms with van der Waals surface area (Å²) in [5, 5.41) is 2.62. The highest BCUT2D eigenvalue weighted by Gasteiger charge is 2.12. The maximum absolute atomic E-state index is 11.7. The van der Waals surface area contributed by atoms with Crippen molar-refractivity contribution in [2.45, 2.75) is 6.92 Å². The van der Waals surface area contributed by atoms with Gasteiger partial charge in [0.05, 0.1) is 17.7 Å². The van der Waals surface area contributed by atoms with Crippen molar-refractivity contribution in [3.8, 4) is 0 Å². The number of hydrogen-bond donors (Lipinski definition) is 2. The van der Waals surface area contributed by atoms with Gasteiger partial charge < -0.3 is 20.5 Å². The smallest absolute Gasteiger partial charge is 0.251 e. The molecule has 6 heteroatoms. The van der Waals surface area contributed by atoms with Crippen molar-refractivity contribution in [2.75, 3.05) is 19.0 Å². The molecule has 1 aromatic carbocycles. The Kier molecular flexibility index (Phi) is 5.08. The maximum atomic E-state index is 11.7. The molecule has 6 nitrogen and oxygen atoms in total. The van der Waals surface area contributed by atoms with Gasteiger partial charge in [-0.1, -0.05) is 6.58 Å². The molecule has 0 aliphatic carbocycles. The van der Waals surface area contributed by atoms with E-state index in [0.29, 0.717) is 11.4 Å². The van der Waals surface area contributed by atoms with Gasteiger partial charge in [-0.15, -0.1) is 0 Å². The van der Waals surface area contributed by atoms with Crippen molar-refractivity contribution >= 4 is 23.7 Å². The normalized spacial score (nSPS) is 11.2. The summed E-state index contributed by atoms with van der Waals surface area (Å²) in [5.41, 5.74) is 10.4. The van der Waals surface area contributed by atoms with Crippen LogP contribution in [0.25, 0.3) is 12.2 Å². The predicted octanol–water partition coefficient (Wildman–Crippen LogP) is 2.12. The molecule has 0 saturated heterocycles. The Balaban J connectivity index is 2.35. The summed E-state index contributed by atoms with van der Waals surface area (Å²) >= 11 is 0. The van der Waals surface area contributed by atoms with Crippen molar-refractivity contribution in [1.82, 2.24) is 14.9 Å². The zero-order chi connectivity index (χ0) is 17.9. The van der Waals surface area contributed by atoms with Crippen LogP contribution >= 0.6 is 0 Å². The van der Waals surface area contributed by atoms with Crippen LogP contribution in [0.2, 0.25) is 0 Å². The van der Waals surface area contributed by atoms with Gasteiger partial charge in [0.15, 0.2) is 0 Å². The molecule has 1 heterocycles. The number of carbonyl (C=O) groups is 1. The van der Waals surface area contributed by atoms with Gasteiger partial charge in [-0.2, -0.15) is 0 Å². The summed E-state index contributed by atoms with van der Waals surface area (Å²) in [5.74, 6) is 0.457. The highest BCUT2D eigenvalue weighted by Crippen LogP contribution is 2.23. The molecule has 0 bridgehead atoms. The van der Waals surface area contributed by atoms with E-state index in [1.807, 2.05) is 48.7 Å². The van der Waals surface area contributed by atoms with Crippen molar-refractivity contribution in [2.24, 2.45) is 12.8 Å². The second kappa shape index (κ2) is 7.04. The molecule has 2 aromatic rings. The molecule has 126 valence electrons. The first-order valence-corrected chi connectivity index (χ1v) is 7.56. The molecule has 0 saturated carbocycles. The van der Waals surface area contributed by atoms with Crippen LogP contribution in [-0.4, -0.2) is 29.6 Å². The summed E-state index contributed by atoms with van der Waals surface area (Å²) in [4.78, 5) is 17.9. The lowest BCUT2D eigenvalue weighted by molar-refractivity contribution is 0.0963. The van der Waals surface area contributed by atoms with Gasteiger partial charge in [0, 0.05) is 38.5 Å². The van der Waals surface area contributed by atoms with Gasteiger partial charge >= 0.3 is 0 Å². The summed E-state index contributed by atoms with van der Waals surface area (Å²) in [6.07, 6.45) is 5.28. The number of anilines is 1. The number of benzene rings is 1. The quantitative estimate of drug-likeness (QED) is 0.883. The predicted molar refractivity (Wildman–Crippen MR) is 98.4 cm³/mol. The number of nitrogens with one attached hydrogen (secondary N) is 1. The van der Waals surface area contributed by atoms with E-state index in [-0.39, 0.29) is 5.91 Å². The van der Waals surface area contributed by atoms with Crippen LogP contribution in [0.5, 0.6) is 0 Å². The molecule has 3 N–H and O–H groups in total. The Labute approximate surface area is 142 Å². The number of nitrogens with two attached hydrogens (primary N) is 1. The zero-order valence-corrected chi connectivity index (χ0v) is 14.5. The summed E-state index contributed by atoms with van der Waals surface area (Å²) in [6, 6.07) is 5.51. The Morgan fingerprint density at radius 1 is 1.46 bits per heavy atom. The van der Waals surface area contributed by atoms with Gasteiger partial charge in [-0.25, -0.2) is 4.98 Å². The Morgan fingerprint density at radius 3 is 2.75 bits per heavy atom. The molecule has 0 fully saturated rings. The third kappa shape index (κ3) is 3.32. The Bertz CT molecular complexity index is 804. The van der Waals surface area contributed by atoms with Gasteiger partial charge in [-0.3, -0.25) is 4.79 Å². The first-order chi connectivity index (χ1) is 11.4. The molecule has 1 amide bonds. The van der Waals surface area contributed by atoms with Crippen LogP contribution in [0.1, 0.15) is 27.3 Å². The summed E-state index contributed by atoms with van der Waals surface area (Å²) < 4.78 is 1.89. The minimum Gasteiger partial charge on any atom is -0.385 e. The van der Waals surface area contributed by atoms with Crippen molar-refractivity contribution in [1.29, 1.82) is 0 Å². The van der Waals surface area contributed by atoms with E-state index in [9.17, 15) is 4.79 Å². The SMILES string of the molecule is C=Cc1ncn(C)c1/C=C(\N)N(C)c1ccc(C(=O)NC)cc1C. The van der Waals surface area contributed by atoms with Crippen molar-refractivity contribution in [3.05, 3.63) is 59.4 Å².